The molecule has 0 saturated carbocycles. The second-order valence-electron chi connectivity index (χ2n) is 10.5. The normalized spacial score (nSPS) is 13.8. The van der Waals surface area contributed by atoms with Crippen molar-refractivity contribution in [2.75, 3.05) is 43.5 Å². The molecule has 1 aromatic carbocycles. The molecule has 2 N–H and O–H groups in total. The Balaban J connectivity index is 1.32. The number of anilines is 2. The largest absolute Gasteiger partial charge is 0.497 e. The number of fused-ring (bicyclic) bond motifs is 1. The van der Waals surface area contributed by atoms with Crippen molar-refractivity contribution < 1.29 is 24.2 Å². The molecule has 11 heteroatoms. The Morgan fingerprint density at radius 2 is 1.82 bits per heavy atom. The minimum Gasteiger partial charge on any atom is -0.497 e. The number of nitrogens with one attached hydrogen (secondary N) is 1. The first-order chi connectivity index (χ1) is 19.1. The Morgan fingerprint density at radius 3 is 2.55 bits per heavy atom. The van der Waals surface area contributed by atoms with Crippen molar-refractivity contribution in [1.29, 1.82) is 0 Å². The minimum atomic E-state index is -0.552. The molecule has 0 unspecified atom stereocenters. The molecule has 4 aromatic rings. The van der Waals surface area contributed by atoms with E-state index in [0.29, 0.717) is 48.8 Å². The Morgan fingerprint density at radius 1 is 1.05 bits per heavy atom. The zero-order valence-electron chi connectivity index (χ0n) is 22.9. The van der Waals surface area contributed by atoms with E-state index in [9.17, 15) is 14.7 Å². The van der Waals surface area contributed by atoms with Crippen LogP contribution in [0.4, 0.5) is 16.2 Å². The van der Waals surface area contributed by atoms with Crippen molar-refractivity contribution in [1.82, 2.24) is 19.4 Å². The Labute approximate surface area is 232 Å². The molecule has 208 valence electrons. The number of rotatable bonds is 5. The Bertz CT molecular complexity index is 1550. The lowest BCUT2D eigenvalue weighted by Gasteiger charge is -2.37. The van der Waals surface area contributed by atoms with Gasteiger partial charge in [0.25, 0.3) is 5.91 Å². The van der Waals surface area contributed by atoms with Crippen LogP contribution in [0.5, 0.6) is 11.6 Å². The third-order valence-corrected chi connectivity index (χ3v) is 6.53. The summed E-state index contributed by atoms with van der Waals surface area (Å²) in [6.07, 6.45) is 4.68. The number of carbonyl (C=O) groups is 2. The number of hydrogen-bond acceptors (Lipinski definition) is 8. The molecule has 3 aromatic heterocycles. The lowest BCUT2D eigenvalue weighted by Crippen LogP contribution is -2.50. The zero-order valence-corrected chi connectivity index (χ0v) is 22.9. The Kier molecular flexibility index (Phi) is 7.20. The molecule has 0 atom stereocenters. The van der Waals surface area contributed by atoms with E-state index in [1.54, 1.807) is 54.9 Å². The molecule has 1 fully saturated rings. The van der Waals surface area contributed by atoms with Crippen molar-refractivity contribution in [2.24, 2.45) is 0 Å². The summed E-state index contributed by atoms with van der Waals surface area (Å²) in [7, 11) is 1.57. The van der Waals surface area contributed by atoms with Crippen molar-refractivity contribution >= 4 is 34.1 Å². The lowest BCUT2D eigenvalue weighted by atomic mass is 10.2. The number of nitrogens with zero attached hydrogens (tertiary/aromatic N) is 5. The molecule has 11 nitrogen and oxygen atoms in total. The van der Waals surface area contributed by atoms with Gasteiger partial charge in [-0.3, -0.25) is 14.3 Å². The molecular formula is C29H32N6O5. The first kappa shape index (κ1) is 26.8. The van der Waals surface area contributed by atoms with Gasteiger partial charge in [0.2, 0.25) is 5.88 Å². The summed E-state index contributed by atoms with van der Waals surface area (Å²) >= 11 is 0. The van der Waals surface area contributed by atoms with Crippen LogP contribution in [0.15, 0.2) is 61.1 Å². The number of aromatic nitrogens is 3. The minimum absolute atomic E-state index is 0.000900. The summed E-state index contributed by atoms with van der Waals surface area (Å²) in [5, 5.41) is 15.2. The predicted octanol–water partition coefficient (Wildman–Crippen LogP) is 4.44. The van der Waals surface area contributed by atoms with Gasteiger partial charge >= 0.3 is 6.09 Å². The van der Waals surface area contributed by atoms with E-state index in [4.69, 9.17) is 9.47 Å². The van der Waals surface area contributed by atoms with Gasteiger partial charge in [-0.1, -0.05) is 6.07 Å². The number of pyridine rings is 2. The van der Waals surface area contributed by atoms with Crippen LogP contribution in [-0.2, 0) is 4.74 Å². The molecule has 0 spiro atoms. The van der Waals surface area contributed by atoms with Gasteiger partial charge in [0, 0.05) is 49.3 Å². The van der Waals surface area contributed by atoms with Crippen molar-refractivity contribution in [3.05, 3.63) is 66.7 Å². The Hall–Kier alpha value is -4.80. The van der Waals surface area contributed by atoms with E-state index in [1.807, 2.05) is 39.0 Å². The molecule has 0 radical (unpaired) electrons. The van der Waals surface area contributed by atoms with Gasteiger partial charge in [-0.15, -0.1) is 0 Å². The number of aromatic hydroxyl groups is 1. The SMILES string of the molecule is COc1ccc2cn(-c3cccc(C(=O)Nc4cnccc4N4CCN(C(=O)OC(C)(C)C)CC4)n3)c(O)c2c1. The van der Waals surface area contributed by atoms with E-state index in [1.165, 1.54) is 4.57 Å². The fourth-order valence-corrected chi connectivity index (χ4v) is 4.56. The summed E-state index contributed by atoms with van der Waals surface area (Å²) in [6.45, 7) is 7.68. The van der Waals surface area contributed by atoms with Crippen LogP contribution >= 0.6 is 0 Å². The highest BCUT2D eigenvalue weighted by atomic mass is 16.6. The molecule has 0 bridgehead atoms. The number of hydrogen-bond donors (Lipinski definition) is 2. The lowest BCUT2D eigenvalue weighted by molar-refractivity contribution is 0.0240. The van der Waals surface area contributed by atoms with Crippen molar-refractivity contribution in [3.63, 3.8) is 0 Å². The zero-order chi connectivity index (χ0) is 28.4. The van der Waals surface area contributed by atoms with Gasteiger partial charge < -0.3 is 29.7 Å². The number of ether oxygens (including phenoxy) is 2. The molecule has 5 rings (SSSR count). The second kappa shape index (κ2) is 10.8. The molecule has 1 saturated heterocycles. The second-order valence-corrected chi connectivity index (χ2v) is 10.5. The first-order valence-electron chi connectivity index (χ1n) is 13.0. The molecule has 1 aliphatic rings. The highest BCUT2D eigenvalue weighted by molar-refractivity contribution is 6.04. The topological polar surface area (TPSA) is 122 Å². The monoisotopic (exact) mass is 544 g/mol. The van der Waals surface area contributed by atoms with E-state index in [-0.39, 0.29) is 17.7 Å². The van der Waals surface area contributed by atoms with Crippen LogP contribution < -0.4 is 15.0 Å². The molecule has 0 aliphatic carbocycles. The summed E-state index contributed by atoms with van der Waals surface area (Å²) < 4.78 is 12.3. The van der Waals surface area contributed by atoms with Crippen LogP contribution in [0, 0.1) is 0 Å². The van der Waals surface area contributed by atoms with Gasteiger partial charge in [0.05, 0.1) is 24.7 Å². The van der Waals surface area contributed by atoms with E-state index >= 15 is 0 Å². The van der Waals surface area contributed by atoms with E-state index in [2.05, 4.69) is 20.2 Å². The number of benzene rings is 1. The first-order valence-corrected chi connectivity index (χ1v) is 13.0. The third-order valence-electron chi connectivity index (χ3n) is 6.53. The highest BCUT2D eigenvalue weighted by Gasteiger charge is 2.27. The highest BCUT2D eigenvalue weighted by Crippen LogP contribution is 2.32. The summed E-state index contributed by atoms with van der Waals surface area (Å²) in [5.41, 5.74) is 0.957. The predicted molar refractivity (Wildman–Crippen MR) is 151 cm³/mol. The van der Waals surface area contributed by atoms with Crippen molar-refractivity contribution in [2.45, 2.75) is 26.4 Å². The smallest absolute Gasteiger partial charge is 0.410 e. The average molecular weight is 545 g/mol. The average Bonchev–Trinajstić information content (AvgIpc) is 3.28. The molecule has 40 heavy (non-hydrogen) atoms. The number of amides is 2. The molecular weight excluding hydrogens is 512 g/mol. The maximum Gasteiger partial charge on any atom is 0.410 e. The van der Waals surface area contributed by atoms with Gasteiger partial charge in [-0.2, -0.15) is 0 Å². The summed E-state index contributed by atoms with van der Waals surface area (Å²) in [4.78, 5) is 38.2. The van der Waals surface area contributed by atoms with E-state index < -0.39 is 11.5 Å². The number of methoxy groups -OCH3 is 1. The maximum atomic E-state index is 13.3. The molecule has 1 aliphatic heterocycles. The van der Waals surface area contributed by atoms with Crippen molar-refractivity contribution in [3.8, 4) is 17.4 Å². The van der Waals surface area contributed by atoms with Crippen LogP contribution in [0.1, 0.15) is 31.3 Å². The van der Waals surface area contributed by atoms with Gasteiger partial charge in [0.15, 0.2) is 0 Å². The number of piperazine rings is 1. The quantitative estimate of drug-likeness (QED) is 0.378. The third kappa shape index (κ3) is 5.63. The van der Waals surface area contributed by atoms with Gasteiger partial charge in [-0.25, -0.2) is 9.78 Å². The number of carbonyl (C=O) groups excluding carboxylic acids is 2. The molecule has 2 amide bonds. The fraction of sp³-hybridized carbons (Fsp3) is 0.310. The molecule has 4 heterocycles. The maximum absolute atomic E-state index is 13.3. The fourth-order valence-electron chi connectivity index (χ4n) is 4.56. The van der Waals surface area contributed by atoms with Crippen LogP contribution in [0.3, 0.4) is 0 Å². The standard InChI is InChI=1S/C29H32N6O5/c1-29(2,3)40-28(38)34-14-12-33(13-15-34)24-10-11-30-17-23(24)32-26(36)22-6-5-7-25(31-22)35-18-19-8-9-20(39-4)16-21(19)27(35)37/h5-11,16-18,37H,12-15H2,1-4H3,(H,32,36). The van der Waals surface area contributed by atoms with Crippen LogP contribution in [0.25, 0.3) is 16.6 Å². The van der Waals surface area contributed by atoms with Gasteiger partial charge in [0.1, 0.15) is 22.9 Å². The van der Waals surface area contributed by atoms with Gasteiger partial charge in [-0.05, 0) is 57.2 Å². The summed E-state index contributed by atoms with van der Waals surface area (Å²) in [6, 6.07) is 12.3. The van der Waals surface area contributed by atoms with Crippen LogP contribution in [-0.4, -0.2) is 75.4 Å². The summed E-state index contributed by atoms with van der Waals surface area (Å²) in [5.74, 6) is 0.602. The van der Waals surface area contributed by atoms with Crippen LogP contribution in [0.2, 0.25) is 0 Å². The van der Waals surface area contributed by atoms with E-state index in [0.717, 1.165) is 11.1 Å².